The standard InChI is InChI=1S/C13H15ClN2O2/c1-3-15-7-11-13(18-8-16-11)10-6-9(14)4-5-12(10)17-2/h4-6,8,15H,3,7H2,1-2H3. The van der Waals surface area contributed by atoms with Gasteiger partial charge >= 0.3 is 0 Å². The van der Waals surface area contributed by atoms with E-state index in [1.165, 1.54) is 6.39 Å². The van der Waals surface area contributed by atoms with Gasteiger partial charge in [0.05, 0.1) is 12.7 Å². The number of benzene rings is 1. The highest BCUT2D eigenvalue weighted by Gasteiger charge is 2.15. The first-order chi connectivity index (χ1) is 8.76. The molecule has 2 rings (SSSR count). The number of hydrogen-bond donors (Lipinski definition) is 1. The lowest BCUT2D eigenvalue weighted by Crippen LogP contribution is -2.12. The van der Waals surface area contributed by atoms with Gasteiger partial charge in [-0.25, -0.2) is 4.98 Å². The molecule has 0 unspecified atom stereocenters. The van der Waals surface area contributed by atoms with Crippen molar-refractivity contribution in [3.63, 3.8) is 0 Å². The van der Waals surface area contributed by atoms with E-state index >= 15 is 0 Å². The number of ether oxygens (including phenoxy) is 1. The van der Waals surface area contributed by atoms with Crippen molar-refractivity contribution >= 4 is 11.6 Å². The van der Waals surface area contributed by atoms with Crippen LogP contribution >= 0.6 is 11.6 Å². The van der Waals surface area contributed by atoms with Crippen LogP contribution in [-0.4, -0.2) is 18.6 Å². The summed E-state index contributed by atoms with van der Waals surface area (Å²) in [6.07, 6.45) is 1.43. The van der Waals surface area contributed by atoms with E-state index in [2.05, 4.69) is 10.3 Å². The second-order valence-corrected chi connectivity index (χ2v) is 4.19. The zero-order valence-corrected chi connectivity index (χ0v) is 11.1. The number of hydrogen-bond acceptors (Lipinski definition) is 4. The van der Waals surface area contributed by atoms with Crippen molar-refractivity contribution in [3.8, 4) is 17.1 Å². The molecule has 4 nitrogen and oxygen atoms in total. The zero-order valence-electron chi connectivity index (χ0n) is 10.4. The molecular weight excluding hydrogens is 252 g/mol. The highest BCUT2D eigenvalue weighted by Crippen LogP contribution is 2.34. The van der Waals surface area contributed by atoms with Crippen LogP contribution in [0.2, 0.25) is 5.02 Å². The molecule has 1 N–H and O–H groups in total. The van der Waals surface area contributed by atoms with E-state index in [1.54, 1.807) is 13.2 Å². The monoisotopic (exact) mass is 266 g/mol. The predicted octanol–water partition coefficient (Wildman–Crippen LogP) is 3.11. The molecule has 0 spiro atoms. The minimum absolute atomic E-state index is 0.636. The maximum Gasteiger partial charge on any atom is 0.181 e. The van der Waals surface area contributed by atoms with Crippen molar-refractivity contribution in [1.29, 1.82) is 0 Å². The summed E-state index contributed by atoms with van der Waals surface area (Å²) in [5.74, 6) is 1.41. The van der Waals surface area contributed by atoms with Crippen LogP contribution in [0.3, 0.4) is 0 Å². The Morgan fingerprint density at radius 1 is 1.44 bits per heavy atom. The molecule has 0 aliphatic heterocycles. The molecule has 0 aliphatic rings. The minimum atomic E-state index is 0.636. The van der Waals surface area contributed by atoms with Crippen molar-refractivity contribution in [2.24, 2.45) is 0 Å². The smallest absolute Gasteiger partial charge is 0.181 e. The van der Waals surface area contributed by atoms with Gasteiger partial charge in [-0.2, -0.15) is 0 Å². The molecule has 1 aromatic heterocycles. The first-order valence-corrected chi connectivity index (χ1v) is 6.11. The van der Waals surface area contributed by atoms with Crippen LogP contribution in [0.15, 0.2) is 29.0 Å². The van der Waals surface area contributed by atoms with Crippen LogP contribution in [0.1, 0.15) is 12.6 Å². The van der Waals surface area contributed by atoms with E-state index in [0.29, 0.717) is 23.1 Å². The zero-order chi connectivity index (χ0) is 13.0. The van der Waals surface area contributed by atoms with E-state index in [0.717, 1.165) is 17.8 Å². The van der Waals surface area contributed by atoms with Crippen LogP contribution in [-0.2, 0) is 6.54 Å². The van der Waals surface area contributed by atoms with Gasteiger partial charge < -0.3 is 14.5 Å². The fourth-order valence-electron chi connectivity index (χ4n) is 1.72. The number of rotatable bonds is 5. The second-order valence-electron chi connectivity index (χ2n) is 3.75. The SMILES string of the molecule is CCNCc1ncoc1-c1cc(Cl)ccc1OC. The van der Waals surface area contributed by atoms with E-state index in [4.69, 9.17) is 20.8 Å². The summed E-state index contributed by atoms with van der Waals surface area (Å²) in [4.78, 5) is 4.21. The lowest BCUT2D eigenvalue weighted by atomic mass is 10.1. The maximum absolute atomic E-state index is 6.01. The van der Waals surface area contributed by atoms with Crippen molar-refractivity contribution in [2.45, 2.75) is 13.5 Å². The van der Waals surface area contributed by atoms with E-state index in [-0.39, 0.29) is 0 Å². The Labute approximate surface area is 111 Å². The summed E-state index contributed by atoms with van der Waals surface area (Å²) in [5.41, 5.74) is 1.66. The highest BCUT2D eigenvalue weighted by molar-refractivity contribution is 6.30. The molecule has 0 fully saturated rings. The fourth-order valence-corrected chi connectivity index (χ4v) is 1.89. The van der Waals surface area contributed by atoms with Gasteiger partial charge in [0.15, 0.2) is 12.2 Å². The van der Waals surface area contributed by atoms with Crippen molar-refractivity contribution in [2.75, 3.05) is 13.7 Å². The lowest BCUT2D eigenvalue weighted by molar-refractivity contribution is 0.414. The Balaban J connectivity index is 2.41. The van der Waals surface area contributed by atoms with Gasteiger partial charge in [-0.1, -0.05) is 18.5 Å². The summed E-state index contributed by atoms with van der Waals surface area (Å²) in [5, 5.41) is 3.85. The van der Waals surface area contributed by atoms with Crippen LogP contribution in [0.5, 0.6) is 5.75 Å². The molecule has 0 aliphatic carbocycles. The van der Waals surface area contributed by atoms with Gasteiger partial charge in [0.25, 0.3) is 0 Å². The molecule has 0 radical (unpaired) electrons. The van der Waals surface area contributed by atoms with Gasteiger partial charge in [0.2, 0.25) is 0 Å². The van der Waals surface area contributed by atoms with E-state index < -0.39 is 0 Å². The Kier molecular flexibility index (Phi) is 4.23. The summed E-state index contributed by atoms with van der Waals surface area (Å²) in [6.45, 7) is 3.57. The van der Waals surface area contributed by atoms with E-state index in [9.17, 15) is 0 Å². The third kappa shape index (κ3) is 2.66. The maximum atomic E-state index is 6.01. The average Bonchev–Trinajstić information content (AvgIpc) is 2.84. The third-order valence-electron chi connectivity index (χ3n) is 2.59. The number of halogens is 1. The minimum Gasteiger partial charge on any atom is -0.496 e. The number of nitrogens with zero attached hydrogens (tertiary/aromatic N) is 1. The summed E-state index contributed by atoms with van der Waals surface area (Å²) >= 11 is 6.01. The normalized spacial score (nSPS) is 10.6. The summed E-state index contributed by atoms with van der Waals surface area (Å²) < 4.78 is 10.8. The number of methoxy groups -OCH3 is 1. The molecule has 0 amide bonds. The van der Waals surface area contributed by atoms with Crippen molar-refractivity contribution in [1.82, 2.24) is 10.3 Å². The van der Waals surface area contributed by atoms with Gasteiger partial charge in [-0.15, -0.1) is 0 Å². The average molecular weight is 267 g/mol. The first kappa shape index (κ1) is 12.9. The van der Waals surface area contributed by atoms with Gasteiger partial charge in [-0.3, -0.25) is 0 Å². The van der Waals surface area contributed by atoms with Gasteiger partial charge in [0, 0.05) is 11.6 Å². The largest absolute Gasteiger partial charge is 0.496 e. The Morgan fingerprint density at radius 2 is 2.28 bits per heavy atom. The molecule has 0 bridgehead atoms. The first-order valence-electron chi connectivity index (χ1n) is 5.73. The summed E-state index contributed by atoms with van der Waals surface area (Å²) in [7, 11) is 1.62. The van der Waals surface area contributed by atoms with E-state index in [1.807, 2.05) is 19.1 Å². The predicted molar refractivity (Wildman–Crippen MR) is 70.9 cm³/mol. The van der Waals surface area contributed by atoms with Crippen molar-refractivity contribution < 1.29 is 9.15 Å². The van der Waals surface area contributed by atoms with Crippen LogP contribution in [0.25, 0.3) is 11.3 Å². The number of oxazole rings is 1. The third-order valence-corrected chi connectivity index (χ3v) is 2.82. The number of nitrogens with one attached hydrogen (secondary N) is 1. The molecule has 1 aromatic carbocycles. The quantitative estimate of drug-likeness (QED) is 0.903. The molecule has 1 heterocycles. The molecule has 5 heteroatoms. The number of aromatic nitrogens is 1. The van der Waals surface area contributed by atoms with Crippen LogP contribution < -0.4 is 10.1 Å². The van der Waals surface area contributed by atoms with Crippen molar-refractivity contribution in [3.05, 3.63) is 35.3 Å². The Bertz CT molecular complexity index is 525. The molecule has 0 saturated heterocycles. The fraction of sp³-hybridized carbons (Fsp3) is 0.308. The lowest BCUT2D eigenvalue weighted by Gasteiger charge is -2.08. The molecule has 18 heavy (non-hydrogen) atoms. The molecule has 2 aromatic rings. The highest BCUT2D eigenvalue weighted by atomic mass is 35.5. The topological polar surface area (TPSA) is 47.3 Å². The van der Waals surface area contributed by atoms with Crippen LogP contribution in [0.4, 0.5) is 0 Å². The van der Waals surface area contributed by atoms with Gasteiger partial charge in [-0.05, 0) is 24.7 Å². The van der Waals surface area contributed by atoms with Crippen LogP contribution in [0, 0.1) is 0 Å². The molecule has 0 saturated carbocycles. The molecular formula is C13H15ClN2O2. The summed E-state index contributed by atoms with van der Waals surface area (Å²) in [6, 6.07) is 5.41. The Hall–Kier alpha value is -1.52. The Morgan fingerprint density at radius 3 is 3.00 bits per heavy atom. The molecule has 96 valence electrons. The second kappa shape index (κ2) is 5.89. The van der Waals surface area contributed by atoms with Gasteiger partial charge in [0.1, 0.15) is 11.4 Å². The molecule has 0 atom stereocenters.